The molecule has 0 spiro atoms. The minimum atomic E-state index is -0.961. The number of nitrogens with zero attached hydrogens (tertiary/aromatic N) is 8. The van der Waals surface area contributed by atoms with Crippen molar-refractivity contribution in [3.05, 3.63) is 65.0 Å². The number of thiophene rings is 1. The van der Waals surface area contributed by atoms with E-state index in [4.69, 9.17) is 15.5 Å². The number of rotatable bonds is 7. The summed E-state index contributed by atoms with van der Waals surface area (Å²) in [6.07, 6.45) is 3.22. The van der Waals surface area contributed by atoms with Gasteiger partial charge in [-0.2, -0.15) is 20.3 Å². The average molecular weight is 728 g/mol. The Morgan fingerprint density at radius 1 is 1.23 bits per heavy atom. The number of amides is 1. The Kier molecular flexibility index (Phi) is 8.34. The van der Waals surface area contributed by atoms with Gasteiger partial charge >= 0.3 is 6.01 Å². The largest absolute Gasteiger partial charge is 0.461 e. The molecular formula is C37H36F3N9O2S. The third kappa shape index (κ3) is 5.43. The van der Waals surface area contributed by atoms with Crippen LogP contribution in [0.1, 0.15) is 53.0 Å². The van der Waals surface area contributed by atoms with Crippen LogP contribution in [-0.2, 0) is 13.1 Å². The summed E-state index contributed by atoms with van der Waals surface area (Å²) < 4.78 is 55.3. The molecule has 5 aromatic rings. The van der Waals surface area contributed by atoms with Crippen LogP contribution in [0, 0.1) is 23.0 Å². The normalized spacial score (nSPS) is 20.2. The fourth-order valence-corrected chi connectivity index (χ4v) is 9.03. The van der Waals surface area contributed by atoms with E-state index in [1.165, 1.54) is 23.1 Å². The van der Waals surface area contributed by atoms with Gasteiger partial charge in [0.1, 0.15) is 41.0 Å². The second-order valence-corrected chi connectivity index (χ2v) is 15.0. The van der Waals surface area contributed by atoms with Crippen LogP contribution < -0.4 is 15.4 Å². The van der Waals surface area contributed by atoms with Crippen LogP contribution >= 0.6 is 11.3 Å². The van der Waals surface area contributed by atoms with Crippen LogP contribution in [0.4, 0.5) is 24.0 Å². The number of nitrogen functional groups attached to an aromatic ring is 1. The third-order valence-electron chi connectivity index (χ3n) is 10.5. The lowest BCUT2D eigenvalue weighted by molar-refractivity contribution is 0.0821. The van der Waals surface area contributed by atoms with Gasteiger partial charge in [-0.15, -0.1) is 11.3 Å². The Morgan fingerprint density at radius 2 is 2.06 bits per heavy atom. The minimum absolute atomic E-state index is 0.0448. The molecule has 2 saturated heterocycles. The number of hydrogen-bond acceptors (Lipinski definition) is 10. The van der Waals surface area contributed by atoms with Crippen LogP contribution in [0.15, 0.2) is 30.8 Å². The predicted octanol–water partition coefficient (Wildman–Crippen LogP) is 6.15. The van der Waals surface area contributed by atoms with E-state index in [2.05, 4.69) is 27.6 Å². The smallest absolute Gasteiger partial charge is 0.319 e. The van der Waals surface area contributed by atoms with E-state index in [1.54, 1.807) is 26.2 Å². The molecule has 1 amide bonds. The summed E-state index contributed by atoms with van der Waals surface area (Å²) in [4.78, 5) is 27.9. The van der Waals surface area contributed by atoms with Crippen LogP contribution in [0.2, 0.25) is 0 Å². The first-order chi connectivity index (χ1) is 25.0. The van der Waals surface area contributed by atoms with Crippen molar-refractivity contribution in [1.82, 2.24) is 29.5 Å². The molecule has 6 heterocycles. The van der Waals surface area contributed by atoms with Crippen molar-refractivity contribution in [3.8, 4) is 23.2 Å². The SMILES string of the molecule is C=Cc1cc2c(N3CCCn4nc(C(=O)N(C)C)cc4C3)nc(OC[C@@]34CCCN3C[C@H](F)C4)nc2c(F)c1-c1ccc(F)c2sc(N)c(C#N)c12. The number of benzene rings is 2. The minimum Gasteiger partial charge on any atom is -0.461 e. The average Bonchev–Trinajstić information content (AvgIpc) is 3.84. The Morgan fingerprint density at radius 3 is 2.83 bits per heavy atom. The topological polar surface area (TPSA) is 129 Å². The number of alkyl halides is 1. The number of anilines is 2. The van der Waals surface area contributed by atoms with E-state index in [0.717, 1.165) is 36.4 Å². The highest BCUT2D eigenvalue weighted by atomic mass is 32.1. The number of carbonyl (C=O) groups is 1. The zero-order valence-corrected chi connectivity index (χ0v) is 29.6. The van der Waals surface area contributed by atoms with E-state index in [-0.39, 0.29) is 55.8 Å². The van der Waals surface area contributed by atoms with Crippen LogP contribution in [0.5, 0.6) is 6.01 Å². The Hall–Kier alpha value is -5.20. The molecule has 0 saturated carbocycles. The van der Waals surface area contributed by atoms with Gasteiger partial charge in [-0.25, -0.2) is 13.2 Å². The van der Waals surface area contributed by atoms with E-state index in [1.807, 2.05) is 9.58 Å². The molecule has 2 atom stereocenters. The van der Waals surface area contributed by atoms with Crippen molar-refractivity contribution in [2.45, 2.75) is 50.5 Å². The summed E-state index contributed by atoms with van der Waals surface area (Å²) in [6, 6.07) is 8.16. The molecule has 0 aliphatic carbocycles. The fraction of sp³-hybridized carbons (Fsp3) is 0.378. The fourth-order valence-electron chi connectivity index (χ4n) is 8.08. The van der Waals surface area contributed by atoms with Gasteiger partial charge in [-0.05, 0) is 55.1 Å². The highest BCUT2D eigenvalue weighted by Crippen LogP contribution is 2.45. The summed E-state index contributed by atoms with van der Waals surface area (Å²) in [5.74, 6) is -1.12. The number of halogens is 3. The number of ether oxygens (including phenoxy) is 1. The molecule has 3 aliphatic rings. The van der Waals surface area contributed by atoms with Crippen molar-refractivity contribution in [3.63, 3.8) is 0 Å². The maximum Gasteiger partial charge on any atom is 0.319 e. The maximum atomic E-state index is 17.4. The Balaban J connectivity index is 1.30. The van der Waals surface area contributed by atoms with Crippen molar-refractivity contribution >= 4 is 55.1 Å². The monoisotopic (exact) mass is 727 g/mol. The summed E-state index contributed by atoms with van der Waals surface area (Å²) in [5, 5.41) is 15.3. The zero-order valence-electron chi connectivity index (χ0n) is 28.8. The van der Waals surface area contributed by atoms with Crippen LogP contribution in [-0.4, -0.2) is 87.5 Å². The summed E-state index contributed by atoms with van der Waals surface area (Å²) in [6.45, 7) is 6.63. The van der Waals surface area contributed by atoms with Gasteiger partial charge < -0.3 is 20.3 Å². The first-order valence-electron chi connectivity index (χ1n) is 17.1. The van der Waals surface area contributed by atoms with E-state index in [0.29, 0.717) is 61.5 Å². The van der Waals surface area contributed by atoms with Crippen LogP contribution in [0.3, 0.4) is 0 Å². The first kappa shape index (κ1) is 33.9. The molecule has 2 aromatic carbocycles. The highest BCUT2D eigenvalue weighted by molar-refractivity contribution is 7.23. The van der Waals surface area contributed by atoms with Gasteiger partial charge in [0.05, 0.1) is 28.0 Å². The highest BCUT2D eigenvalue weighted by Gasteiger charge is 2.49. The molecular weight excluding hydrogens is 692 g/mol. The predicted molar refractivity (Wildman–Crippen MR) is 194 cm³/mol. The molecule has 15 heteroatoms. The number of carbonyl (C=O) groups excluding carboxylic acids is 1. The maximum absolute atomic E-state index is 17.4. The van der Waals surface area contributed by atoms with Gasteiger partial charge in [0, 0.05) is 56.5 Å². The number of aromatic nitrogens is 4. The van der Waals surface area contributed by atoms with Gasteiger partial charge in [-0.1, -0.05) is 18.7 Å². The van der Waals surface area contributed by atoms with Crippen LogP contribution in [0.25, 0.3) is 38.2 Å². The van der Waals surface area contributed by atoms with E-state index in [9.17, 15) is 14.4 Å². The lowest BCUT2D eigenvalue weighted by Gasteiger charge is -2.31. The molecule has 11 nitrogen and oxygen atoms in total. The van der Waals surface area contributed by atoms with Crippen molar-refractivity contribution < 1.29 is 22.7 Å². The van der Waals surface area contributed by atoms with Crippen molar-refractivity contribution in [2.75, 3.05) is 51.0 Å². The Bertz CT molecular complexity index is 2330. The van der Waals surface area contributed by atoms with Gasteiger partial charge in [-0.3, -0.25) is 14.4 Å². The standard InChI is InChI=1S/C37H36F3N9O2S/c1-4-20-13-24-31(30(40)28(20)23-7-8-26(39)32-29(23)25(16-41)33(42)52-32)43-36(51-19-37-9-5-11-48(37)17-21(38)15-37)44-34(24)47-10-6-12-49-22(18-47)14-27(45-49)35(50)46(2)3/h4,7-8,13-14,21H,1,5-6,9-12,15,17-19,42H2,2-3H3/t21-,37+/m1/s1. The van der Waals surface area contributed by atoms with Gasteiger partial charge in [0.15, 0.2) is 11.5 Å². The number of aryl methyl sites for hydroxylation is 1. The summed E-state index contributed by atoms with van der Waals surface area (Å²) in [7, 11) is 3.34. The summed E-state index contributed by atoms with van der Waals surface area (Å²) >= 11 is 0.931. The molecule has 3 aliphatic heterocycles. The van der Waals surface area contributed by atoms with Gasteiger partial charge in [0.25, 0.3) is 5.91 Å². The molecule has 0 radical (unpaired) electrons. The lowest BCUT2D eigenvalue weighted by atomic mass is 9.93. The molecule has 3 aromatic heterocycles. The molecule has 2 fully saturated rings. The second-order valence-electron chi connectivity index (χ2n) is 13.9. The molecule has 0 unspecified atom stereocenters. The zero-order chi connectivity index (χ0) is 36.5. The van der Waals surface area contributed by atoms with E-state index < -0.39 is 23.3 Å². The summed E-state index contributed by atoms with van der Waals surface area (Å²) in [5.41, 5.74) is 7.49. The quantitative estimate of drug-likeness (QED) is 0.210. The molecule has 52 heavy (non-hydrogen) atoms. The number of hydrogen-bond donors (Lipinski definition) is 1. The Labute approximate surface area is 301 Å². The number of nitriles is 1. The molecule has 0 bridgehead atoms. The first-order valence-corrected chi connectivity index (χ1v) is 18.0. The molecule has 2 N–H and O–H groups in total. The lowest BCUT2D eigenvalue weighted by Crippen LogP contribution is -2.43. The third-order valence-corrected chi connectivity index (χ3v) is 11.5. The number of nitrogens with two attached hydrogens (primary N) is 1. The van der Waals surface area contributed by atoms with Gasteiger partial charge in [0.2, 0.25) is 0 Å². The van der Waals surface area contributed by atoms with Crippen molar-refractivity contribution in [1.29, 1.82) is 5.26 Å². The van der Waals surface area contributed by atoms with Crippen molar-refractivity contribution in [2.24, 2.45) is 0 Å². The number of fused-ring (bicyclic) bond motifs is 4. The van der Waals surface area contributed by atoms with E-state index >= 15 is 8.78 Å². The molecule has 268 valence electrons. The molecule has 8 rings (SSSR count). The second kappa shape index (κ2) is 12.8.